The Morgan fingerprint density at radius 1 is 0.900 bits per heavy atom. The normalized spacial score (nSPS) is 11.9. The molecule has 1 aliphatic heterocycles. The Hall–Kier alpha value is -1.69. The van der Waals surface area contributed by atoms with E-state index in [0.29, 0.717) is 5.75 Å². The second kappa shape index (κ2) is 4.70. The van der Waals surface area contributed by atoms with Crippen LogP contribution in [0.2, 0.25) is 15.1 Å². The van der Waals surface area contributed by atoms with Crippen molar-refractivity contribution in [2.75, 3.05) is 0 Å². The minimum atomic E-state index is -0.601. The molecule has 8 heteroatoms. The van der Waals surface area contributed by atoms with Crippen LogP contribution >= 0.6 is 34.8 Å². The summed E-state index contributed by atoms with van der Waals surface area (Å²) in [6.07, 6.45) is 0. The summed E-state index contributed by atoms with van der Waals surface area (Å²) in [5.74, 6) is 0.682. The molecule has 2 aromatic carbocycles. The summed E-state index contributed by atoms with van der Waals surface area (Å²) in [6.45, 7) is 0. The quantitative estimate of drug-likeness (QED) is 0.439. The van der Waals surface area contributed by atoms with Gasteiger partial charge in [-0.2, -0.15) is 0 Å². The van der Waals surface area contributed by atoms with Gasteiger partial charge in [0.2, 0.25) is 5.75 Å². The van der Waals surface area contributed by atoms with Gasteiger partial charge in [-0.05, 0) is 0 Å². The van der Waals surface area contributed by atoms with Gasteiger partial charge in [-0.15, -0.1) is 0 Å². The second-order valence-corrected chi connectivity index (χ2v) is 5.18. The fourth-order valence-corrected chi connectivity index (χ4v) is 2.28. The van der Waals surface area contributed by atoms with Gasteiger partial charge in [0.05, 0.1) is 20.0 Å². The molecule has 20 heavy (non-hydrogen) atoms. The maximum Gasteiger partial charge on any atom is 0.317 e. The SMILES string of the molecule is O=[N+]([O-])c1cc(Cl)cc2c1Oc1cc(Cl)c(Cl)cc1O2. The third-order valence-electron chi connectivity index (χ3n) is 2.62. The van der Waals surface area contributed by atoms with Crippen LogP contribution in [0, 0.1) is 10.1 Å². The molecule has 1 heterocycles. The summed E-state index contributed by atoms with van der Waals surface area (Å²) < 4.78 is 11.0. The van der Waals surface area contributed by atoms with Crippen molar-refractivity contribution in [1.82, 2.24) is 0 Å². The van der Waals surface area contributed by atoms with Crippen LogP contribution in [-0.4, -0.2) is 4.92 Å². The zero-order valence-electron chi connectivity index (χ0n) is 9.52. The summed E-state index contributed by atoms with van der Waals surface area (Å²) >= 11 is 17.6. The van der Waals surface area contributed by atoms with Crippen LogP contribution in [0.5, 0.6) is 23.0 Å². The van der Waals surface area contributed by atoms with Crippen LogP contribution < -0.4 is 9.47 Å². The molecule has 0 saturated carbocycles. The van der Waals surface area contributed by atoms with E-state index >= 15 is 0 Å². The van der Waals surface area contributed by atoms with Crippen LogP contribution in [0.4, 0.5) is 5.69 Å². The number of halogens is 3. The number of hydrogen-bond donors (Lipinski definition) is 0. The first-order valence-corrected chi connectivity index (χ1v) is 6.42. The van der Waals surface area contributed by atoms with E-state index in [1.54, 1.807) is 0 Å². The molecule has 0 aromatic heterocycles. The number of ether oxygens (including phenoxy) is 2. The molecule has 0 atom stereocenters. The largest absolute Gasteiger partial charge is 0.449 e. The first kappa shape index (κ1) is 13.3. The monoisotopic (exact) mass is 331 g/mol. The molecule has 0 bridgehead atoms. The van der Waals surface area contributed by atoms with E-state index in [4.69, 9.17) is 44.3 Å². The molecule has 0 saturated heterocycles. The summed E-state index contributed by atoms with van der Waals surface area (Å²) in [6, 6.07) is 5.51. The van der Waals surface area contributed by atoms with Gasteiger partial charge in [0.15, 0.2) is 17.2 Å². The van der Waals surface area contributed by atoms with E-state index in [-0.39, 0.29) is 38.0 Å². The fourth-order valence-electron chi connectivity index (χ4n) is 1.77. The van der Waals surface area contributed by atoms with Gasteiger partial charge >= 0.3 is 5.69 Å². The molecule has 0 unspecified atom stereocenters. The fraction of sp³-hybridized carbons (Fsp3) is 0. The van der Waals surface area contributed by atoms with Crippen LogP contribution in [0.1, 0.15) is 0 Å². The minimum absolute atomic E-state index is 0.0229. The molecule has 1 aliphatic rings. The minimum Gasteiger partial charge on any atom is -0.449 e. The van der Waals surface area contributed by atoms with E-state index in [0.717, 1.165) is 0 Å². The van der Waals surface area contributed by atoms with Crippen molar-refractivity contribution in [3.05, 3.63) is 49.4 Å². The van der Waals surface area contributed by atoms with Crippen molar-refractivity contribution in [3.8, 4) is 23.0 Å². The van der Waals surface area contributed by atoms with E-state index in [1.165, 1.54) is 24.3 Å². The molecule has 0 aliphatic carbocycles. The van der Waals surface area contributed by atoms with Crippen molar-refractivity contribution in [3.63, 3.8) is 0 Å². The van der Waals surface area contributed by atoms with E-state index in [2.05, 4.69) is 0 Å². The first-order valence-electron chi connectivity index (χ1n) is 5.28. The molecule has 0 fully saturated rings. The van der Waals surface area contributed by atoms with Gasteiger partial charge in [0.1, 0.15) is 0 Å². The third kappa shape index (κ3) is 2.14. The van der Waals surface area contributed by atoms with Crippen LogP contribution in [-0.2, 0) is 0 Å². The van der Waals surface area contributed by atoms with E-state index in [9.17, 15) is 10.1 Å². The average molecular weight is 333 g/mol. The summed E-state index contributed by atoms with van der Waals surface area (Å²) in [7, 11) is 0. The molecule has 3 rings (SSSR count). The summed E-state index contributed by atoms with van der Waals surface area (Å²) in [4.78, 5) is 10.4. The Morgan fingerprint density at radius 3 is 2.10 bits per heavy atom. The van der Waals surface area contributed by atoms with Gasteiger partial charge < -0.3 is 9.47 Å². The van der Waals surface area contributed by atoms with Gasteiger partial charge in [-0.1, -0.05) is 34.8 Å². The highest BCUT2D eigenvalue weighted by Gasteiger charge is 2.29. The van der Waals surface area contributed by atoms with Crippen LogP contribution in [0.25, 0.3) is 0 Å². The van der Waals surface area contributed by atoms with Crippen molar-refractivity contribution < 1.29 is 14.4 Å². The number of nitro groups is 1. The van der Waals surface area contributed by atoms with E-state index in [1.807, 2.05) is 0 Å². The van der Waals surface area contributed by atoms with Crippen molar-refractivity contribution in [2.24, 2.45) is 0 Å². The smallest absolute Gasteiger partial charge is 0.317 e. The predicted molar refractivity (Wildman–Crippen MR) is 74.7 cm³/mol. The van der Waals surface area contributed by atoms with Crippen LogP contribution in [0.15, 0.2) is 24.3 Å². The number of hydrogen-bond acceptors (Lipinski definition) is 4. The number of nitrogens with zero attached hydrogens (tertiary/aromatic N) is 1. The van der Waals surface area contributed by atoms with Crippen LogP contribution in [0.3, 0.4) is 0 Å². The number of nitro benzene ring substituents is 1. The number of fused-ring (bicyclic) bond motifs is 2. The Labute approximate surface area is 127 Å². The standard InChI is InChI=1S/C12H4Cl3NO4/c13-5-1-8(16(17)18)12-11(2-5)19-9-3-6(14)7(15)4-10(9)20-12/h1-4H. The highest BCUT2D eigenvalue weighted by atomic mass is 35.5. The second-order valence-electron chi connectivity index (χ2n) is 3.93. The summed E-state index contributed by atoms with van der Waals surface area (Å²) in [5, 5.41) is 11.7. The van der Waals surface area contributed by atoms with Gasteiger partial charge in [-0.25, -0.2) is 0 Å². The zero-order valence-corrected chi connectivity index (χ0v) is 11.8. The lowest BCUT2D eigenvalue weighted by Crippen LogP contribution is -2.02. The lowest BCUT2D eigenvalue weighted by atomic mass is 10.2. The Bertz CT molecular complexity index is 748. The molecule has 102 valence electrons. The lowest BCUT2D eigenvalue weighted by Gasteiger charge is -2.20. The molecule has 0 N–H and O–H groups in total. The third-order valence-corrected chi connectivity index (χ3v) is 3.56. The maximum absolute atomic E-state index is 11.0. The Balaban J connectivity index is 2.17. The van der Waals surface area contributed by atoms with Gasteiger partial charge in [0, 0.05) is 24.3 Å². The topological polar surface area (TPSA) is 61.6 Å². The van der Waals surface area contributed by atoms with E-state index < -0.39 is 4.92 Å². The Morgan fingerprint density at radius 2 is 1.50 bits per heavy atom. The van der Waals surface area contributed by atoms with Crippen molar-refractivity contribution in [2.45, 2.75) is 0 Å². The Kier molecular flexibility index (Phi) is 3.12. The highest BCUT2D eigenvalue weighted by Crippen LogP contribution is 2.52. The molecule has 5 nitrogen and oxygen atoms in total. The predicted octanol–water partition coefficient (Wildman–Crippen LogP) is 5.45. The molecule has 0 amide bonds. The molecule has 0 radical (unpaired) electrons. The first-order chi connectivity index (χ1) is 9.45. The molecular formula is C12H4Cl3NO4. The lowest BCUT2D eigenvalue weighted by molar-refractivity contribution is -0.385. The number of benzene rings is 2. The van der Waals surface area contributed by atoms with Gasteiger partial charge in [-0.3, -0.25) is 10.1 Å². The maximum atomic E-state index is 11.0. The zero-order chi connectivity index (χ0) is 14.4. The molecule has 0 spiro atoms. The number of rotatable bonds is 1. The highest BCUT2D eigenvalue weighted by molar-refractivity contribution is 6.42. The average Bonchev–Trinajstić information content (AvgIpc) is 2.37. The van der Waals surface area contributed by atoms with Crippen molar-refractivity contribution >= 4 is 40.5 Å². The van der Waals surface area contributed by atoms with Crippen molar-refractivity contribution in [1.29, 1.82) is 0 Å². The summed E-state index contributed by atoms with van der Waals surface area (Å²) in [5.41, 5.74) is -0.288. The molecule has 2 aromatic rings. The van der Waals surface area contributed by atoms with Gasteiger partial charge in [0.25, 0.3) is 0 Å². The molecular weight excluding hydrogens is 328 g/mol.